The van der Waals surface area contributed by atoms with Crippen molar-refractivity contribution in [3.63, 3.8) is 0 Å². The van der Waals surface area contributed by atoms with Crippen molar-refractivity contribution in [1.82, 2.24) is 15.3 Å². The molecule has 0 aromatic rings. The van der Waals surface area contributed by atoms with Crippen LogP contribution in [0.3, 0.4) is 0 Å². The Labute approximate surface area is 161 Å². The van der Waals surface area contributed by atoms with Crippen molar-refractivity contribution in [2.45, 2.75) is 53.5 Å². The first-order chi connectivity index (χ1) is 12.2. The lowest BCUT2D eigenvalue weighted by atomic mass is 9.93. The minimum absolute atomic E-state index is 0.154. The molecular weight excluding hydrogens is 330 g/mol. The van der Waals surface area contributed by atoms with Gasteiger partial charge in [-0.25, -0.2) is 0 Å². The fraction of sp³-hybridized carbons (Fsp3) is 1.00. The zero-order valence-electron chi connectivity index (χ0n) is 18.1. The topological polar surface area (TPSA) is 46.2 Å². The lowest BCUT2D eigenvalue weighted by Crippen LogP contribution is -2.47. The van der Waals surface area contributed by atoms with Crippen molar-refractivity contribution in [3.8, 4) is 0 Å². The lowest BCUT2D eigenvalue weighted by Gasteiger charge is -2.34. The minimum atomic E-state index is 0.154. The second-order valence-electron chi connectivity index (χ2n) is 9.32. The molecule has 26 heavy (non-hydrogen) atoms. The standard InChI is InChI=1S/C20H43N3O3/c1-19(2,3)7-14-26-23-11-9-22(10-12-23)13-16-25-18-17-24-15-8-21-20(4,5)6/h21H,7-18H2,1-6H3. The smallest absolute Gasteiger partial charge is 0.0701 e. The first kappa shape index (κ1) is 23.8. The van der Waals surface area contributed by atoms with E-state index < -0.39 is 0 Å². The first-order valence-corrected chi connectivity index (χ1v) is 10.2. The predicted octanol–water partition coefficient (Wildman–Crippen LogP) is 2.39. The molecule has 156 valence electrons. The normalized spacial score (nSPS) is 17.8. The van der Waals surface area contributed by atoms with Crippen molar-refractivity contribution >= 4 is 0 Å². The summed E-state index contributed by atoms with van der Waals surface area (Å²) in [5.41, 5.74) is 0.494. The predicted molar refractivity (Wildman–Crippen MR) is 107 cm³/mol. The summed E-state index contributed by atoms with van der Waals surface area (Å²) >= 11 is 0. The number of nitrogens with one attached hydrogen (secondary N) is 1. The molecular formula is C20H43N3O3. The average molecular weight is 374 g/mol. The highest BCUT2D eigenvalue weighted by molar-refractivity contribution is 4.69. The fourth-order valence-electron chi connectivity index (χ4n) is 2.58. The SMILES string of the molecule is CC(C)(C)CCON1CCN(CCOCCOCCNC(C)(C)C)CC1. The molecule has 0 atom stereocenters. The molecule has 1 aliphatic rings. The summed E-state index contributed by atoms with van der Waals surface area (Å²) in [6.07, 6.45) is 1.09. The van der Waals surface area contributed by atoms with Crippen LogP contribution in [0.1, 0.15) is 48.0 Å². The molecule has 1 saturated heterocycles. The largest absolute Gasteiger partial charge is 0.378 e. The molecule has 0 radical (unpaired) electrons. The van der Waals surface area contributed by atoms with Gasteiger partial charge in [0, 0.05) is 44.8 Å². The van der Waals surface area contributed by atoms with Crippen LogP contribution in [-0.2, 0) is 14.3 Å². The molecule has 6 nitrogen and oxygen atoms in total. The Morgan fingerprint density at radius 2 is 1.38 bits per heavy atom. The Bertz CT molecular complexity index is 345. The number of hydrogen-bond donors (Lipinski definition) is 1. The van der Waals surface area contributed by atoms with Crippen molar-refractivity contribution in [3.05, 3.63) is 0 Å². The number of ether oxygens (including phenoxy) is 2. The van der Waals surface area contributed by atoms with Gasteiger partial charge in [-0.05, 0) is 32.6 Å². The molecule has 0 aromatic heterocycles. The second kappa shape index (κ2) is 12.3. The molecule has 0 aromatic carbocycles. The Hall–Kier alpha value is -0.240. The summed E-state index contributed by atoms with van der Waals surface area (Å²) in [5.74, 6) is 0. The van der Waals surface area contributed by atoms with E-state index in [0.29, 0.717) is 18.6 Å². The van der Waals surface area contributed by atoms with Gasteiger partial charge in [-0.1, -0.05) is 20.8 Å². The van der Waals surface area contributed by atoms with Gasteiger partial charge in [-0.2, -0.15) is 5.06 Å². The third kappa shape index (κ3) is 13.9. The van der Waals surface area contributed by atoms with Gasteiger partial charge in [-0.15, -0.1) is 0 Å². The average Bonchev–Trinajstić information content (AvgIpc) is 2.52. The number of piperazine rings is 1. The van der Waals surface area contributed by atoms with E-state index in [-0.39, 0.29) is 5.54 Å². The van der Waals surface area contributed by atoms with Gasteiger partial charge in [-0.3, -0.25) is 9.74 Å². The van der Waals surface area contributed by atoms with Crippen molar-refractivity contribution < 1.29 is 14.3 Å². The zero-order chi connectivity index (χ0) is 19.5. The highest BCUT2D eigenvalue weighted by Crippen LogP contribution is 2.18. The van der Waals surface area contributed by atoms with E-state index in [9.17, 15) is 0 Å². The van der Waals surface area contributed by atoms with E-state index in [1.54, 1.807) is 0 Å². The molecule has 0 bridgehead atoms. The van der Waals surface area contributed by atoms with E-state index >= 15 is 0 Å². The van der Waals surface area contributed by atoms with Gasteiger partial charge in [0.15, 0.2) is 0 Å². The van der Waals surface area contributed by atoms with Crippen LogP contribution in [0, 0.1) is 5.41 Å². The van der Waals surface area contributed by atoms with Gasteiger partial charge in [0.05, 0.1) is 33.0 Å². The molecule has 1 heterocycles. The molecule has 0 amide bonds. The Balaban J connectivity index is 1.89. The van der Waals surface area contributed by atoms with E-state index in [0.717, 1.165) is 65.5 Å². The van der Waals surface area contributed by atoms with Crippen LogP contribution in [0.15, 0.2) is 0 Å². The lowest BCUT2D eigenvalue weighted by molar-refractivity contribution is -0.181. The quantitative estimate of drug-likeness (QED) is 0.530. The van der Waals surface area contributed by atoms with Crippen LogP contribution in [0.5, 0.6) is 0 Å². The van der Waals surface area contributed by atoms with Gasteiger partial charge in [0.25, 0.3) is 0 Å². The fourth-order valence-corrected chi connectivity index (χ4v) is 2.58. The molecule has 0 spiro atoms. The maximum atomic E-state index is 5.87. The van der Waals surface area contributed by atoms with E-state index in [2.05, 4.69) is 56.8 Å². The van der Waals surface area contributed by atoms with Crippen molar-refractivity contribution in [2.24, 2.45) is 5.41 Å². The van der Waals surface area contributed by atoms with Crippen LogP contribution < -0.4 is 5.32 Å². The summed E-state index contributed by atoms with van der Waals surface area (Å²) in [6.45, 7) is 22.8. The van der Waals surface area contributed by atoms with Gasteiger partial charge < -0.3 is 14.8 Å². The Kier molecular flexibility index (Phi) is 11.2. The molecule has 6 heteroatoms. The third-order valence-corrected chi connectivity index (χ3v) is 4.28. The van der Waals surface area contributed by atoms with Crippen molar-refractivity contribution in [1.29, 1.82) is 0 Å². The Morgan fingerprint density at radius 3 is 1.96 bits per heavy atom. The number of rotatable bonds is 12. The minimum Gasteiger partial charge on any atom is -0.378 e. The summed E-state index contributed by atoms with van der Waals surface area (Å²) in [6, 6.07) is 0. The Morgan fingerprint density at radius 1 is 0.769 bits per heavy atom. The summed E-state index contributed by atoms with van der Waals surface area (Å²) in [7, 11) is 0. The summed E-state index contributed by atoms with van der Waals surface area (Å²) < 4.78 is 11.3. The van der Waals surface area contributed by atoms with Crippen LogP contribution in [0.2, 0.25) is 0 Å². The molecule has 1 aliphatic heterocycles. The van der Waals surface area contributed by atoms with Crippen LogP contribution in [-0.4, -0.2) is 87.8 Å². The molecule has 1 rings (SSSR count). The van der Waals surface area contributed by atoms with Crippen molar-refractivity contribution in [2.75, 3.05) is 72.3 Å². The maximum Gasteiger partial charge on any atom is 0.0701 e. The summed E-state index contributed by atoms with van der Waals surface area (Å²) in [5, 5.41) is 5.52. The highest BCUT2D eigenvalue weighted by atomic mass is 16.7. The van der Waals surface area contributed by atoms with Gasteiger partial charge in [0.1, 0.15) is 0 Å². The van der Waals surface area contributed by atoms with E-state index in [1.165, 1.54) is 0 Å². The number of hydrogen-bond acceptors (Lipinski definition) is 6. The van der Waals surface area contributed by atoms with E-state index in [4.69, 9.17) is 14.3 Å². The van der Waals surface area contributed by atoms with Gasteiger partial charge >= 0.3 is 0 Å². The number of nitrogens with zero attached hydrogens (tertiary/aromatic N) is 2. The molecule has 0 saturated carbocycles. The van der Waals surface area contributed by atoms with Crippen LogP contribution >= 0.6 is 0 Å². The summed E-state index contributed by atoms with van der Waals surface area (Å²) in [4.78, 5) is 8.31. The maximum absolute atomic E-state index is 5.87. The van der Waals surface area contributed by atoms with E-state index in [1.807, 2.05) is 0 Å². The first-order valence-electron chi connectivity index (χ1n) is 10.2. The molecule has 0 unspecified atom stereocenters. The number of hydroxylamine groups is 2. The monoisotopic (exact) mass is 373 g/mol. The van der Waals surface area contributed by atoms with Crippen LogP contribution in [0.25, 0.3) is 0 Å². The third-order valence-electron chi connectivity index (χ3n) is 4.28. The highest BCUT2D eigenvalue weighted by Gasteiger charge is 2.18. The van der Waals surface area contributed by atoms with Gasteiger partial charge in [0.2, 0.25) is 0 Å². The molecule has 1 N–H and O–H groups in total. The zero-order valence-corrected chi connectivity index (χ0v) is 18.1. The van der Waals surface area contributed by atoms with Crippen LogP contribution in [0.4, 0.5) is 0 Å². The molecule has 0 aliphatic carbocycles. The second-order valence-corrected chi connectivity index (χ2v) is 9.32. The molecule has 1 fully saturated rings.